The van der Waals surface area contributed by atoms with Gasteiger partial charge in [-0.3, -0.25) is 0 Å². The quantitative estimate of drug-likeness (QED) is 0.587. The van der Waals surface area contributed by atoms with Crippen LogP contribution in [0.1, 0.15) is 22.7 Å². The third-order valence-electron chi connectivity index (χ3n) is 4.60. The largest absolute Gasteiger partial charge is 0.416 e. The number of alkyl halides is 3. The monoisotopic (exact) mass is 395 g/mol. The SMILES string of the molecule is O=CC1NC=Cc2cc(-c3ccccc3)nc(Nc3cccc(C(F)(F)F)c3)c21. The summed E-state index contributed by atoms with van der Waals surface area (Å²) < 4.78 is 39.2. The summed E-state index contributed by atoms with van der Waals surface area (Å²) in [6, 6.07) is 15.5. The number of aldehydes is 1. The van der Waals surface area contributed by atoms with Crippen molar-refractivity contribution in [2.24, 2.45) is 0 Å². The number of pyridine rings is 1. The van der Waals surface area contributed by atoms with Gasteiger partial charge in [0.25, 0.3) is 0 Å². The van der Waals surface area contributed by atoms with Crippen LogP contribution in [0.4, 0.5) is 24.7 Å². The summed E-state index contributed by atoms with van der Waals surface area (Å²) in [5.74, 6) is 0.328. The van der Waals surface area contributed by atoms with E-state index in [1.807, 2.05) is 36.4 Å². The first-order chi connectivity index (χ1) is 14.0. The summed E-state index contributed by atoms with van der Waals surface area (Å²) in [7, 11) is 0. The molecule has 1 aliphatic rings. The second-order valence-electron chi connectivity index (χ2n) is 6.54. The Bertz CT molecular complexity index is 1080. The average molecular weight is 395 g/mol. The molecule has 1 unspecified atom stereocenters. The van der Waals surface area contributed by atoms with Crippen LogP contribution in [0.2, 0.25) is 0 Å². The fraction of sp³-hybridized carbons (Fsp3) is 0.0909. The first-order valence-electron chi connectivity index (χ1n) is 8.88. The molecule has 0 fully saturated rings. The fourth-order valence-electron chi connectivity index (χ4n) is 3.23. The van der Waals surface area contributed by atoms with Crippen LogP contribution in [0.3, 0.4) is 0 Å². The van der Waals surface area contributed by atoms with Crippen molar-refractivity contribution < 1.29 is 18.0 Å². The lowest BCUT2D eigenvalue weighted by Gasteiger charge is -2.23. The Morgan fingerprint density at radius 1 is 1.03 bits per heavy atom. The van der Waals surface area contributed by atoms with E-state index in [0.29, 0.717) is 17.1 Å². The Morgan fingerprint density at radius 2 is 1.83 bits per heavy atom. The molecule has 7 heteroatoms. The van der Waals surface area contributed by atoms with E-state index in [2.05, 4.69) is 15.6 Å². The topological polar surface area (TPSA) is 54.0 Å². The van der Waals surface area contributed by atoms with Gasteiger partial charge in [0.05, 0.1) is 11.3 Å². The summed E-state index contributed by atoms with van der Waals surface area (Å²) in [5.41, 5.74) is 2.33. The van der Waals surface area contributed by atoms with Gasteiger partial charge in [-0.05, 0) is 42.1 Å². The van der Waals surface area contributed by atoms with Crippen molar-refractivity contribution >= 4 is 23.9 Å². The summed E-state index contributed by atoms with van der Waals surface area (Å²) in [6.07, 6.45) is -0.236. The molecular formula is C22H16F3N3O. The number of anilines is 2. The van der Waals surface area contributed by atoms with Crippen molar-refractivity contribution in [1.29, 1.82) is 0 Å². The van der Waals surface area contributed by atoms with E-state index in [1.54, 1.807) is 12.3 Å². The molecule has 4 nitrogen and oxygen atoms in total. The number of hydrogen-bond acceptors (Lipinski definition) is 4. The number of aromatic nitrogens is 1. The summed E-state index contributed by atoms with van der Waals surface area (Å²) in [4.78, 5) is 16.2. The van der Waals surface area contributed by atoms with Gasteiger partial charge in [-0.1, -0.05) is 36.4 Å². The zero-order chi connectivity index (χ0) is 20.4. The van der Waals surface area contributed by atoms with Crippen molar-refractivity contribution in [2.45, 2.75) is 12.2 Å². The highest BCUT2D eigenvalue weighted by Crippen LogP contribution is 2.35. The van der Waals surface area contributed by atoms with Gasteiger partial charge >= 0.3 is 6.18 Å². The Morgan fingerprint density at radius 3 is 2.55 bits per heavy atom. The van der Waals surface area contributed by atoms with E-state index in [4.69, 9.17) is 0 Å². The number of hydrogen-bond donors (Lipinski definition) is 2. The highest BCUT2D eigenvalue weighted by molar-refractivity contribution is 5.80. The number of carbonyl (C=O) groups is 1. The maximum absolute atomic E-state index is 13.1. The average Bonchev–Trinajstić information content (AvgIpc) is 2.73. The number of fused-ring (bicyclic) bond motifs is 1. The van der Waals surface area contributed by atoms with Gasteiger partial charge < -0.3 is 15.4 Å². The first kappa shape index (κ1) is 18.7. The standard InChI is InChI=1S/C22H16F3N3O/c23-22(24,25)16-7-4-8-17(12-16)27-21-20-15(9-10-26-19(20)13-29)11-18(28-21)14-5-2-1-3-6-14/h1-13,19,26H,(H,27,28). The van der Waals surface area contributed by atoms with Gasteiger partial charge in [-0.2, -0.15) is 13.2 Å². The second kappa shape index (κ2) is 7.43. The van der Waals surface area contributed by atoms with E-state index in [0.717, 1.165) is 29.5 Å². The molecule has 2 heterocycles. The number of carbonyl (C=O) groups excluding carboxylic acids is 1. The highest BCUT2D eigenvalue weighted by atomic mass is 19.4. The Labute approximate surface area is 165 Å². The lowest BCUT2D eigenvalue weighted by atomic mass is 9.97. The third-order valence-corrected chi connectivity index (χ3v) is 4.60. The zero-order valence-corrected chi connectivity index (χ0v) is 15.1. The molecule has 29 heavy (non-hydrogen) atoms. The third kappa shape index (κ3) is 3.85. The van der Waals surface area contributed by atoms with Gasteiger partial charge in [0, 0.05) is 16.8 Å². The summed E-state index contributed by atoms with van der Waals surface area (Å²) in [6.45, 7) is 0. The second-order valence-corrected chi connectivity index (χ2v) is 6.54. The molecule has 0 saturated heterocycles. The minimum atomic E-state index is -4.45. The number of nitrogens with one attached hydrogen (secondary N) is 2. The molecule has 1 aromatic heterocycles. The molecule has 3 aromatic rings. The Balaban J connectivity index is 1.83. The van der Waals surface area contributed by atoms with Crippen molar-refractivity contribution in [3.8, 4) is 11.3 Å². The van der Waals surface area contributed by atoms with Crippen molar-refractivity contribution in [1.82, 2.24) is 10.3 Å². The van der Waals surface area contributed by atoms with Gasteiger partial charge in [0.1, 0.15) is 18.1 Å². The first-order valence-corrected chi connectivity index (χ1v) is 8.88. The molecular weight excluding hydrogens is 379 g/mol. The Kier molecular flexibility index (Phi) is 4.80. The van der Waals surface area contributed by atoms with Crippen molar-refractivity contribution in [3.05, 3.63) is 83.6 Å². The highest BCUT2D eigenvalue weighted by Gasteiger charge is 2.30. The molecule has 1 aliphatic heterocycles. The molecule has 0 bridgehead atoms. The maximum Gasteiger partial charge on any atom is 0.416 e. The Hall–Kier alpha value is -3.61. The van der Waals surface area contributed by atoms with Crippen LogP contribution in [0.15, 0.2) is 66.9 Å². The maximum atomic E-state index is 13.1. The van der Waals surface area contributed by atoms with Crippen LogP contribution < -0.4 is 10.6 Å². The summed E-state index contributed by atoms with van der Waals surface area (Å²) >= 11 is 0. The predicted octanol–water partition coefficient (Wildman–Crippen LogP) is 5.32. The van der Waals surface area contributed by atoms with Crippen molar-refractivity contribution in [2.75, 3.05) is 5.32 Å². The van der Waals surface area contributed by atoms with Crippen LogP contribution in [0.25, 0.3) is 17.3 Å². The van der Waals surface area contributed by atoms with Gasteiger partial charge in [0.15, 0.2) is 0 Å². The van der Waals surface area contributed by atoms with Gasteiger partial charge in [-0.15, -0.1) is 0 Å². The van der Waals surface area contributed by atoms with Crippen molar-refractivity contribution in [3.63, 3.8) is 0 Å². The molecule has 2 N–H and O–H groups in total. The van der Waals surface area contributed by atoms with Crippen LogP contribution in [-0.4, -0.2) is 11.3 Å². The van der Waals surface area contributed by atoms with Crippen LogP contribution >= 0.6 is 0 Å². The number of benzene rings is 2. The minimum Gasteiger partial charge on any atom is -0.378 e. The van der Waals surface area contributed by atoms with Crippen LogP contribution in [0, 0.1) is 0 Å². The fourth-order valence-corrected chi connectivity index (χ4v) is 3.23. The number of rotatable bonds is 4. The molecule has 0 radical (unpaired) electrons. The lowest BCUT2D eigenvalue weighted by Crippen LogP contribution is -2.22. The van der Waals surface area contributed by atoms with Gasteiger partial charge in [-0.25, -0.2) is 4.98 Å². The molecule has 1 atom stereocenters. The van der Waals surface area contributed by atoms with E-state index >= 15 is 0 Å². The molecule has 0 aliphatic carbocycles. The van der Waals surface area contributed by atoms with E-state index in [-0.39, 0.29) is 5.69 Å². The molecule has 4 rings (SSSR count). The molecule has 2 aromatic carbocycles. The zero-order valence-electron chi connectivity index (χ0n) is 15.1. The normalized spacial score (nSPS) is 15.3. The predicted molar refractivity (Wildman–Crippen MR) is 105 cm³/mol. The molecule has 0 amide bonds. The van der Waals surface area contributed by atoms with Crippen LogP contribution in [-0.2, 0) is 11.0 Å². The molecule has 146 valence electrons. The lowest BCUT2D eigenvalue weighted by molar-refractivity contribution is -0.137. The summed E-state index contributed by atoms with van der Waals surface area (Å²) in [5, 5.41) is 5.91. The molecule has 0 saturated carbocycles. The van der Waals surface area contributed by atoms with Crippen LogP contribution in [0.5, 0.6) is 0 Å². The smallest absolute Gasteiger partial charge is 0.378 e. The molecule has 0 spiro atoms. The van der Waals surface area contributed by atoms with Gasteiger partial charge in [0.2, 0.25) is 0 Å². The number of nitrogens with zero attached hydrogens (tertiary/aromatic N) is 1. The minimum absolute atomic E-state index is 0.235. The van der Waals surface area contributed by atoms with E-state index < -0.39 is 17.8 Å². The van der Waals surface area contributed by atoms with E-state index in [1.165, 1.54) is 12.1 Å². The number of halogens is 3. The van der Waals surface area contributed by atoms with E-state index in [9.17, 15) is 18.0 Å².